The molecule has 1 N–H and O–H groups in total. The van der Waals surface area contributed by atoms with Crippen LogP contribution in [-0.4, -0.2) is 28.6 Å². The highest BCUT2D eigenvalue weighted by molar-refractivity contribution is 9.10. The van der Waals surface area contributed by atoms with E-state index in [1.807, 2.05) is 6.92 Å². The second-order valence-corrected chi connectivity index (χ2v) is 5.59. The van der Waals surface area contributed by atoms with Crippen LogP contribution in [0, 0.1) is 0 Å². The lowest BCUT2D eigenvalue weighted by atomic mass is 10.1. The Kier molecular flexibility index (Phi) is 4.09. The maximum atomic E-state index is 12.1. The molecule has 0 saturated carbocycles. The number of aryl methyl sites for hydroxylation is 1. The van der Waals surface area contributed by atoms with E-state index in [0.717, 1.165) is 10.9 Å². The Morgan fingerprint density at radius 1 is 1.47 bits per heavy atom. The number of hydrogen-bond acceptors (Lipinski definition) is 2. The Morgan fingerprint density at radius 3 is 2.89 bits per heavy atom. The molecule has 1 aromatic heterocycles. The third-order valence-electron chi connectivity index (χ3n) is 3.01. The number of nitrogens with zero attached hydrogens (tertiary/aromatic N) is 2. The fourth-order valence-corrected chi connectivity index (χ4v) is 2.58. The van der Waals surface area contributed by atoms with E-state index in [0.29, 0.717) is 13.1 Å². The summed E-state index contributed by atoms with van der Waals surface area (Å²) in [7, 11) is 1.65. The number of pyridine rings is 1. The number of aromatic nitrogens is 1. The number of rotatable bonds is 1. The zero-order valence-electron chi connectivity index (χ0n) is 10.9. The Morgan fingerprint density at radius 2 is 2.21 bits per heavy atom. The number of amides is 2. The Bertz CT molecular complexity index is 592. The van der Waals surface area contributed by atoms with Crippen molar-refractivity contribution >= 4 is 27.6 Å². The molecule has 0 saturated heterocycles. The van der Waals surface area contributed by atoms with Crippen molar-refractivity contribution < 1.29 is 4.79 Å². The third kappa shape index (κ3) is 3.26. The Labute approximate surface area is 120 Å². The van der Waals surface area contributed by atoms with Crippen molar-refractivity contribution in [2.45, 2.75) is 13.3 Å². The zero-order valence-corrected chi connectivity index (χ0v) is 12.5. The summed E-state index contributed by atoms with van der Waals surface area (Å²) in [6, 6.07) is 1.38. The van der Waals surface area contributed by atoms with Crippen LogP contribution in [0.3, 0.4) is 0 Å². The first-order valence-corrected chi connectivity index (χ1v) is 6.84. The molecule has 0 bridgehead atoms. The van der Waals surface area contributed by atoms with Gasteiger partial charge in [0.15, 0.2) is 0 Å². The largest absolute Gasteiger partial charge is 0.322 e. The Hall–Kier alpha value is -1.56. The van der Waals surface area contributed by atoms with E-state index in [-0.39, 0.29) is 17.3 Å². The van der Waals surface area contributed by atoms with Gasteiger partial charge in [0.1, 0.15) is 5.69 Å². The van der Waals surface area contributed by atoms with Gasteiger partial charge in [0.25, 0.3) is 5.56 Å². The second-order valence-electron chi connectivity index (χ2n) is 4.68. The van der Waals surface area contributed by atoms with Crippen LogP contribution in [0.15, 0.2) is 33.2 Å². The van der Waals surface area contributed by atoms with Crippen LogP contribution >= 0.6 is 15.9 Å². The SMILES string of the molecule is CC1=CCCN(C(=O)Nc2cc(Br)cn(C)c2=O)C1. The number of nitrogens with one attached hydrogen (secondary N) is 1. The summed E-state index contributed by atoms with van der Waals surface area (Å²) in [6.07, 6.45) is 4.64. The number of urea groups is 1. The van der Waals surface area contributed by atoms with Gasteiger partial charge >= 0.3 is 6.03 Å². The molecule has 2 amide bonds. The number of carbonyl (C=O) groups excluding carboxylic acids is 1. The van der Waals surface area contributed by atoms with Gasteiger partial charge in [-0.1, -0.05) is 11.6 Å². The molecule has 6 heteroatoms. The van der Waals surface area contributed by atoms with Gasteiger partial charge in [-0.2, -0.15) is 0 Å². The Balaban J connectivity index is 2.16. The van der Waals surface area contributed by atoms with Crippen LogP contribution in [0.5, 0.6) is 0 Å². The van der Waals surface area contributed by atoms with E-state index < -0.39 is 0 Å². The number of halogens is 1. The second kappa shape index (κ2) is 5.61. The van der Waals surface area contributed by atoms with Crippen LogP contribution < -0.4 is 10.9 Å². The average molecular weight is 326 g/mol. The van der Waals surface area contributed by atoms with Crippen molar-refractivity contribution in [3.05, 3.63) is 38.7 Å². The van der Waals surface area contributed by atoms with E-state index in [2.05, 4.69) is 27.3 Å². The van der Waals surface area contributed by atoms with Gasteiger partial charge in [-0.15, -0.1) is 0 Å². The van der Waals surface area contributed by atoms with Crippen molar-refractivity contribution in [2.75, 3.05) is 18.4 Å². The molecule has 102 valence electrons. The highest BCUT2D eigenvalue weighted by Gasteiger charge is 2.17. The van der Waals surface area contributed by atoms with Gasteiger partial charge in [-0.25, -0.2) is 4.79 Å². The lowest BCUT2D eigenvalue weighted by Gasteiger charge is -2.26. The van der Waals surface area contributed by atoms with Crippen LogP contribution in [0.4, 0.5) is 10.5 Å². The van der Waals surface area contributed by atoms with Crippen LogP contribution in [-0.2, 0) is 7.05 Å². The van der Waals surface area contributed by atoms with Crippen LogP contribution in [0.1, 0.15) is 13.3 Å². The zero-order chi connectivity index (χ0) is 14.0. The number of carbonyl (C=O) groups is 1. The van der Waals surface area contributed by atoms with Crippen molar-refractivity contribution in [1.29, 1.82) is 0 Å². The van der Waals surface area contributed by atoms with Crippen molar-refractivity contribution in [3.8, 4) is 0 Å². The first-order valence-electron chi connectivity index (χ1n) is 6.05. The number of hydrogen-bond donors (Lipinski definition) is 1. The molecule has 2 heterocycles. The molecule has 0 aromatic carbocycles. The lowest BCUT2D eigenvalue weighted by Crippen LogP contribution is -2.39. The van der Waals surface area contributed by atoms with Crippen LogP contribution in [0.25, 0.3) is 0 Å². The van der Waals surface area contributed by atoms with E-state index in [1.54, 1.807) is 24.2 Å². The molecule has 1 aliphatic rings. The lowest BCUT2D eigenvalue weighted by molar-refractivity contribution is 0.215. The van der Waals surface area contributed by atoms with Crippen LogP contribution in [0.2, 0.25) is 0 Å². The minimum absolute atomic E-state index is 0.221. The standard InChI is InChI=1S/C13H16BrN3O2/c1-9-4-3-5-17(7-9)13(19)15-11-6-10(14)8-16(2)12(11)18/h4,6,8H,3,5,7H2,1-2H3,(H,15,19). The maximum absolute atomic E-state index is 12.1. The first-order chi connectivity index (χ1) is 8.97. The van der Waals surface area contributed by atoms with Gasteiger partial charge in [-0.05, 0) is 35.3 Å². The van der Waals surface area contributed by atoms with Crippen molar-refractivity contribution in [1.82, 2.24) is 9.47 Å². The molecule has 0 radical (unpaired) electrons. The van der Waals surface area contributed by atoms with Gasteiger partial charge < -0.3 is 14.8 Å². The predicted octanol–water partition coefficient (Wildman–Crippen LogP) is 2.33. The summed E-state index contributed by atoms with van der Waals surface area (Å²) in [5.74, 6) is 0. The summed E-state index contributed by atoms with van der Waals surface area (Å²) >= 11 is 3.31. The monoisotopic (exact) mass is 325 g/mol. The predicted molar refractivity (Wildman–Crippen MR) is 78.3 cm³/mol. The molecule has 0 fully saturated rings. The quantitative estimate of drug-likeness (QED) is 0.806. The molecular formula is C13H16BrN3O2. The third-order valence-corrected chi connectivity index (χ3v) is 3.44. The molecule has 2 rings (SSSR count). The van der Waals surface area contributed by atoms with E-state index in [9.17, 15) is 9.59 Å². The van der Waals surface area contributed by atoms with Gasteiger partial charge in [0, 0.05) is 30.8 Å². The van der Waals surface area contributed by atoms with E-state index >= 15 is 0 Å². The topological polar surface area (TPSA) is 54.3 Å². The number of anilines is 1. The van der Waals surface area contributed by atoms with Gasteiger partial charge in [0.05, 0.1) is 0 Å². The summed E-state index contributed by atoms with van der Waals surface area (Å²) in [4.78, 5) is 25.7. The van der Waals surface area contributed by atoms with Gasteiger partial charge in [0.2, 0.25) is 0 Å². The highest BCUT2D eigenvalue weighted by atomic mass is 79.9. The maximum Gasteiger partial charge on any atom is 0.322 e. The molecule has 5 nitrogen and oxygen atoms in total. The summed E-state index contributed by atoms with van der Waals surface area (Å²) in [5.41, 5.74) is 1.23. The minimum Gasteiger partial charge on any atom is -0.320 e. The summed E-state index contributed by atoms with van der Waals surface area (Å²) < 4.78 is 2.18. The van der Waals surface area contributed by atoms with Gasteiger partial charge in [-0.3, -0.25) is 4.79 Å². The molecular weight excluding hydrogens is 310 g/mol. The molecule has 0 spiro atoms. The normalized spacial score (nSPS) is 15.1. The molecule has 0 unspecified atom stereocenters. The molecule has 1 aromatic rings. The van der Waals surface area contributed by atoms with E-state index in [4.69, 9.17) is 0 Å². The smallest absolute Gasteiger partial charge is 0.320 e. The molecule has 0 aliphatic carbocycles. The van der Waals surface area contributed by atoms with Crippen molar-refractivity contribution in [3.63, 3.8) is 0 Å². The molecule has 1 aliphatic heterocycles. The summed E-state index contributed by atoms with van der Waals surface area (Å²) in [5, 5.41) is 2.68. The fourth-order valence-electron chi connectivity index (χ4n) is 2.04. The first kappa shape index (κ1) is 13.9. The molecule has 19 heavy (non-hydrogen) atoms. The van der Waals surface area contributed by atoms with Crippen molar-refractivity contribution in [2.24, 2.45) is 7.05 Å². The van der Waals surface area contributed by atoms with E-state index in [1.165, 1.54) is 10.1 Å². The average Bonchev–Trinajstić information content (AvgIpc) is 2.35. The molecule has 0 atom stereocenters. The fraction of sp³-hybridized carbons (Fsp3) is 0.385. The highest BCUT2D eigenvalue weighted by Crippen LogP contribution is 2.14. The minimum atomic E-state index is -0.234. The summed E-state index contributed by atoms with van der Waals surface area (Å²) in [6.45, 7) is 3.29.